The lowest BCUT2D eigenvalue weighted by Gasteiger charge is -2.43. The van der Waals surface area contributed by atoms with Crippen molar-refractivity contribution in [2.75, 3.05) is 6.54 Å². The normalized spacial score (nSPS) is 28.6. The Morgan fingerprint density at radius 1 is 0.957 bits per heavy atom. The number of benzene rings is 1. The van der Waals surface area contributed by atoms with E-state index in [1.54, 1.807) is 0 Å². The van der Waals surface area contributed by atoms with Gasteiger partial charge in [-0.2, -0.15) is 4.31 Å². The second-order valence-corrected chi connectivity index (χ2v) is 9.12. The second-order valence-electron chi connectivity index (χ2n) is 7.18. The third kappa shape index (κ3) is 2.76. The van der Waals surface area contributed by atoms with Crippen LogP contribution in [0.4, 0.5) is 0 Å². The Morgan fingerprint density at radius 2 is 1.74 bits per heavy atom. The van der Waals surface area contributed by atoms with E-state index in [1.165, 1.54) is 31.2 Å². The summed E-state index contributed by atoms with van der Waals surface area (Å²) in [6.07, 6.45) is 10.3. The SMILES string of the molecule is O=S(=O)(C1=Cc2ccccc2CC1)N1CCC[C@H]2CCCC[C@@H]21. The molecule has 1 heterocycles. The van der Waals surface area contributed by atoms with Gasteiger partial charge in [0.1, 0.15) is 0 Å². The van der Waals surface area contributed by atoms with Crippen LogP contribution in [0.2, 0.25) is 0 Å². The molecule has 1 aromatic carbocycles. The third-order valence-corrected chi connectivity index (χ3v) is 7.90. The summed E-state index contributed by atoms with van der Waals surface area (Å²) in [6.45, 7) is 0.711. The Bertz CT molecular complexity index is 721. The molecule has 0 amide bonds. The van der Waals surface area contributed by atoms with Crippen LogP contribution in [0.3, 0.4) is 0 Å². The highest BCUT2D eigenvalue weighted by Gasteiger charge is 2.40. The van der Waals surface area contributed by atoms with Gasteiger partial charge in [-0.25, -0.2) is 8.42 Å². The van der Waals surface area contributed by atoms with Gasteiger partial charge in [0.25, 0.3) is 0 Å². The zero-order valence-electron chi connectivity index (χ0n) is 13.6. The maximum absolute atomic E-state index is 13.3. The molecule has 1 aliphatic heterocycles. The Balaban J connectivity index is 1.66. The summed E-state index contributed by atoms with van der Waals surface area (Å²) < 4.78 is 28.4. The molecule has 0 aromatic heterocycles. The second kappa shape index (κ2) is 6.06. The van der Waals surface area contributed by atoms with Crippen molar-refractivity contribution in [3.05, 3.63) is 40.3 Å². The Labute approximate surface area is 139 Å². The summed E-state index contributed by atoms with van der Waals surface area (Å²) in [5.74, 6) is 0.587. The van der Waals surface area contributed by atoms with Gasteiger partial charge in [0.2, 0.25) is 10.0 Å². The zero-order chi connectivity index (χ0) is 15.9. The van der Waals surface area contributed by atoms with E-state index >= 15 is 0 Å². The van der Waals surface area contributed by atoms with E-state index in [9.17, 15) is 8.42 Å². The maximum Gasteiger partial charge on any atom is 0.239 e. The average Bonchev–Trinajstić information content (AvgIpc) is 2.60. The van der Waals surface area contributed by atoms with Gasteiger partial charge in [-0.05, 0) is 61.6 Å². The van der Waals surface area contributed by atoms with E-state index in [0.29, 0.717) is 23.8 Å². The van der Waals surface area contributed by atoms with Crippen LogP contribution in [0.5, 0.6) is 0 Å². The van der Waals surface area contributed by atoms with Crippen LogP contribution in [0.25, 0.3) is 6.08 Å². The molecule has 2 fully saturated rings. The first-order valence-electron chi connectivity index (χ1n) is 8.96. The largest absolute Gasteiger partial charge is 0.239 e. The van der Waals surface area contributed by atoms with Gasteiger partial charge >= 0.3 is 0 Å². The first-order valence-corrected chi connectivity index (χ1v) is 10.4. The molecule has 0 unspecified atom stereocenters. The summed E-state index contributed by atoms with van der Waals surface area (Å²) in [5, 5.41) is 0. The molecule has 0 radical (unpaired) electrons. The van der Waals surface area contributed by atoms with Crippen molar-refractivity contribution in [3.8, 4) is 0 Å². The molecule has 2 atom stereocenters. The molecule has 0 spiro atoms. The van der Waals surface area contributed by atoms with E-state index < -0.39 is 10.0 Å². The number of piperidine rings is 1. The van der Waals surface area contributed by atoms with Gasteiger partial charge in [-0.15, -0.1) is 0 Å². The molecule has 3 nitrogen and oxygen atoms in total. The molecule has 1 aromatic rings. The van der Waals surface area contributed by atoms with Gasteiger partial charge < -0.3 is 0 Å². The fourth-order valence-electron chi connectivity index (χ4n) is 4.64. The van der Waals surface area contributed by atoms with E-state index in [1.807, 2.05) is 28.6 Å². The number of hydrogen-bond acceptors (Lipinski definition) is 2. The predicted octanol–water partition coefficient (Wildman–Crippen LogP) is 3.96. The first-order chi connectivity index (χ1) is 11.2. The standard InChI is InChI=1S/C19H25NO2S/c21-23(22,18-12-11-15-6-1-2-8-17(15)14-18)20-13-5-9-16-7-3-4-10-19(16)20/h1-2,6,8,14,16,19H,3-5,7,9-13H2/t16-,19+/m1/s1. The molecule has 4 heteroatoms. The van der Waals surface area contributed by atoms with E-state index in [-0.39, 0.29) is 6.04 Å². The third-order valence-electron chi connectivity index (χ3n) is 5.84. The topological polar surface area (TPSA) is 37.4 Å². The molecule has 3 aliphatic rings. The van der Waals surface area contributed by atoms with Gasteiger partial charge in [-0.1, -0.05) is 37.1 Å². The molecule has 1 saturated carbocycles. The predicted molar refractivity (Wildman–Crippen MR) is 93.3 cm³/mol. The van der Waals surface area contributed by atoms with Crippen LogP contribution in [-0.4, -0.2) is 25.3 Å². The lowest BCUT2D eigenvalue weighted by Crippen LogP contribution is -2.49. The minimum absolute atomic E-state index is 0.251. The molecule has 0 bridgehead atoms. The minimum atomic E-state index is -3.30. The van der Waals surface area contributed by atoms with Crippen molar-refractivity contribution in [1.82, 2.24) is 4.31 Å². The van der Waals surface area contributed by atoms with Crippen molar-refractivity contribution >= 4 is 16.1 Å². The van der Waals surface area contributed by atoms with Gasteiger partial charge in [0.05, 0.1) is 4.91 Å². The lowest BCUT2D eigenvalue weighted by atomic mass is 9.79. The van der Waals surface area contributed by atoms with Crippen LogP contribution < -0.4 is 0 Å². The monoisotopic (exact) mass is 331 g/mol. The van der Waals surface area contributed by atoms with Gasteiger partial charge in [-0.3, -0.25) is 0 Å². The fourth-order valence-corrected chi connectivity index (χ4v) is 6.58. The molecular weight excluding hydrogens is 306 g/mol. The summed E-state index contributed by atoms with van der Waals surface area (Å²) >= 11 is 0. The van der Waals surface area contributed by atoms with E-state index in [0.717, 1.165) is 24.8 Å². The van der Waals surface area contributed by atoms with Crippen LogP contribution >= 0.6 is 0 Å². The maximum atomic E-state index is 13.3. The molecule has 4 rings (SSSR count). The Kier molecular flexibility index (Phi) is 4.06. The van der Waals surface area contributed by atoms with Crippen molar-refractivity contribution in [2.45, 2.75) is 57.4 Å². The van der Waals surface area contributed by atoms with E-state index in [2.05, 4.69) is 6.07 Å². The van der Waals surface area contributed by atoms with Crippen LogP contribution in [0.1, 0.15) is 56.1 Å². The highest BCUT2D eigenvalue weighted by atomic mass is 32.2. The van der Waals surface area contributed by atoms with Crippen LogP contribution in [0.15, 0.2) is 29.2 Å². The highest BCUT2D eigenvalue weighted by Crippen LogP contribution is 2.39. The van der Waals surface area contributed by atoms with Crippen LogP contribution in [-0.2, 0) is 16.4 Å². The number of hydrogen-bond donors (Lipinski definition) is 0. The Morgan fingerprint density at radius 3 is 2.65 bits per heavy atom. The minimum Gasteiger partial charge on any atom is -0.207 e. The van der Waals surface area contributed by atoms with Crippen LogP contribution in [0, 0.1) is 5.92 Å². The number of nitrogens with zero attached hydrogens (tertiary/aromatic N) is 1. The molecule has 2 aliphatic carbocycles. The summed E-state index contributed by atoms with van der Waals surface area (Å²) in [6, 6.07) is 8.41. The molecular formula is C19H25NO2S. The number of sulfonamides is 1. The number of fused-ring (bicyclic) bond motifs is 2. The molecule has 124 valence electrons. The van der Waals surface area contributed by atoms with Gasteiger partial charge in [0.15, 0.2) is 0 Å². The van der Waals surface area contributed by atoms with Crippen molar-refractivity contribution in [1.29, 1.82) is 0 Å². The summed E-state index contributed by atoms with van der Waals surface area (Å²) in [4.78, 5) is 0.627. The number of allylic oxidation sites excluding steroid dienone is 1. The number of aryl methyl sites for hydroxylation is 1. The highest BCUT2D eigenvalue weighted by molar-refractivity contribution is 7.93. The molecule has 1 saturated heterocycles. The Hall–Kier alpha value is -1.13. The van der Waals surface area contributed by atoms with Crippen molar-refractivity contribution in [2.24, 2.45) is 5.92 Å². The average molecular weight is 331 g/mol. The fraction of sp³-hybridized carbons (Fsp3) is 0.579. The van der Waals surface area contributed by atoms with E-state index in [4.69, 9.17) is 0 Å². The van der Waals surface area contributed by atoms with Gasteiger partial charge in [0, 0.05) is 12.6 Å². The zero-order valence-corrected chi connectivity index (χ0v) is 14.4. The number of rotatable bonds is 2. The molecule has 23 heavy (non-hydrogen) atoms. The lowest BCUT2D eigenvalue weighted by molar-refractivity contribution is 0.130. The smallest absolute Gasteiger partial charge is 0.207 e. The summed E-state index contributed by atoms with van der Waals surface area (Å²) in [5.41, 5.74) is 2.34. The molecule has 0 N–H and O–H groups in total. The first kappa shape index (κ1) is 15.4. The van der Waals surface area contributed by atoms with Crippen molar-refractivity contribution in [3.63, 3.8) is 0 Å². The summed E-state index contributed by atoms with van der Waals surface area (Å²) in [7, 11) is -3.30. The van der Waals surface area contributed by atoms with Crippen molar-refractivity contribution < 1.29 is 8.42 Å². The quantitative estimate of drug-likeness (QED) is 0.822.